The SMILES string of the molecule is CC(C)(C)C(=O)Nc1cnn(Cc2cc(F)cc3cccnc23)c1. The highest BCUT2D eigenvalue weighted by molar-refractivity contribution is 5.94. The molecule has 0 saturated heterocycles. The highest BCUT2D eigenvalue weighted by Gasteiger charge is 2.21. The van der Waals surface area contributed by atoms with Crippen molar-refractivity contribution in [3.63, 3.8) is 0 Å². The van der Waals surface area contributed by atoms with Crippen LogP contribution >= 0.6 is 0 Å². The molecule has 0 spiro atoms. The van der Waals surface area contributed by atoms with Crippen molar-refractivity contribution in [2.75, 3.05) is 5.32 Å². The molecule has 3 aromatic rings. The highest BCUT2D eigenvalue weighted by atomic mass is 19.1. The van der Waals surface area contributed by atoms with E-state index in [2.05, 4.69) is 15.4 Å². The van der Waals surface area contributed by atoms with Crippen LogP contribution in [0.1, 0.15) is 26.3 Å². The number of benzene rings is 1. The van der Waals surface area contributed by atoms with Gasteiger partial charge in [-0.3, -0.25) is 14.5 Å². The van der Waals surface area contributed by atoms with Gasteiger partial charge in [-0.1, -0.05) is 26.8 Å². The number of nitrogens with zero attached hydrogens (tertiary/aromatic N) is 3. The largest absolute Gasteiger partial charge is 0.323 e. The first-order valence-corrected chi connectivity index (χ1v) is 7.70. The van der Waals surface area contributed by atoms with Gasteiger partial charge < -0.3 is 5.32 Å². The van der Waals surface area contributed by atoms with Gasteiger partial charge in [-0.2, -0.15) is 5.10 Å². The monoisotopic (exact) mass is 326 g/mol. The predicted octanol–water partition coefficient (Wildman–Crippen LogP) is 3.60. The standard InChI is InChI=1S/C18H19FN4O/c1-18(2,3)17(24)22-15-9-21-23(11-15)10-13-8-14(19)7-12-5-4-6-20-16(12)13/h4-9,11H,10H2,1-3H3,(H,22,24). The lowest BCUT2D eigenvalue weighted by molar-refractivity contribution is -0.123. The summed E-state index contributed by atoms with van der Waals surface area (Å²) < 4.78 is 15.4. The number of anilines is 1. The second-order valence-electron chi connectivity index (χ2n) is 6.77. The van der Waals surface area contributed by atoms with Crippen LogP contribution in [0.25, 0.3) is 10.9 Å². The molecule has 24 heavy (non-hydrogen) atoms. The van der Waals surface area contributed by atoms with Crippen molar-refractivity contribution in [1.29, 1.82) is 0 Å². The van der Waals surface area contributed by atoms with Gasteiger partial charge in [-0.25, -0.2) is 4.39 Å². The molecule has 0 radical (unpaired) electrons. The molecule has 5 nitrogen and oxygen atoms in total. The van der Waals surface area contributed by atoms with Crippen LogP contribution in [0.2, 0.25) is 0 Å². The zero-order valence-electron chi connectivity index (χ0n) is 13.9. The normalized spacial score (nSPS) is 11.7. The fraction of sp³-hybridized carbons (Fsp3) is 0.278. The zero-order chi connectivity index (χ0) is 17.3. The van der Waals surface area contributed by atoms with Crippen molar-refractivity contribution in [2.45, 2.75) is 27.3 Å². The average Bonchev–Trinajstić information content (AvgIpc) is 2.93. The van der Waals surface area contributed by atoms with Crippen LogP contribution in [0.15, 0.2) is 42.9 Å². The molecule has 0 fully saturated rings. The minimum atomic E-state index is -0.481. The quantitative estimate of drug-likeness (QED) is 0.800. The molecule has 0 unspecified atom stereocenters. The first-order valence-electron chi connectivity index (χ1n) is 7.70. The van der Waals surface area contributed by atoms with E-state index in [1.165, 1.54) is 12.1 Å². The van der Waals surface area contributed by atoms with Crippen LogP contribution < -0.4 is 5.32 Å². The summed E-state index contributed by atoms with van der Waals surface area (Å²) in [6.07, 6.45) is 4.99. The number of aromatic nitrogens is 3. The lowest BCUT2D eigenvalue weighted by atomic mass is 9.96. The molecule has 2 aromatic heterocycles. The van der Waals surface area contributed by atoms with E-state index >= 15 is 0 Å². The van der Waals surface area contributed by atoms with Gasteiger partial charge in [0.2, 0.25) is 5.91 Å². The molecule has 0 aliphatic rings. The first-order chi connectivity index (χ1) is 11.3. The predicted molar refractivity (Wildman–Crippen MR) is 91.1 cm³/mol. The number of carbonyl (C=O) groups is 1. The average molecular weight is 326 g/mol. The van der Waals surface area contributed by atoms with E-state index in [9.17, 15) is 9.18 Å². The Labute approximate surface area is 139 Å². The van der Waals surface area contributed by atoms with Gasteiger partial charge in [0, 0.05) is 28.8 Å². The summed E-state index contributed by atoms with van der Waals surface area (Å²) >= 11 is 0. The second-order valence-corrected chi connectivity index (χ2v) is 6.77. The molecule has 1 N–H and O–H groups in total. The number of carbonyl (C=O) groups excluding carboxylic acids is 1. The van der Waals surface area contributed by atoms with Gasteiger partial charge in [-0.15, -0.1) is 0 Å². The maximum atomic E-state index is 13.8. The molecule has 124 valence electrons. The van der Waals surface area contributed by atoms with E-state index in [0.717, 1.165) is 16.5 Å². The van der Waals surface area contributed by atoms with E-state index in [-0.39, 0.29) is 11.7 Å². The first kappa shape index (κ1) is 16.1. The molecular formula is C18H19FN4O. The van der Waals surface area contributed by atoms with Crippen molar-refractivity contribution in [3.05, 3.63) is 54.2 Å². The van der Waals surface area contributed by atoms with Gasteiger partial charge in [0.05, 0.1) is 23.9 Å². The Kier molecular flexibility index (Phi) is 4.05. The number of nitrogens with one attached hydrogen (secondary N) is 1. The van der Waals surface area contributed by atoms with Gasteiger partial charge in [0.1, 0.15) is 5.82 Å². The van der Waals surface area contributed by atoms with Crippen LogP contribution in [0, 0.1) is 11.2 Å². The van der Waals surface area contributed by atoms with Crippen LogP contribution in [0.4, 0.5) is 10.1 Å². The molecule has 0 bridgehead atoms. The van der Waals surface area contributed by atoms with Gasteiger partial charge in [0.15, 0.2) is 0 Å². The number of fused-ring (bicyclic) bond motifs is 1. The number of amides is 1. The molecule has 0 saturated carbocycles. The van der Waals surface area contributed by atoms with Crippen molar-refractivity contribution < 1.29 is 9.18 Å². The third-order valence-corrected chi connectivity index (χ3v) is 3.65. The number of hydrogen-bond donors (Lipinski definition) is 1. The summed E-state index contributed by atoms with van der Waals surface area (Å²) in [5.41, 5.74) is 1.62. The number of rotatable bonds is 3. The molecule has 2 heterocycles. The van der Waals surface area contributed by atoms with E-state index in [0.29, 0.717) is 12.2 Å². The maximum absolute atomic E-state index is 13.8. The van der Waals surface area contributed by atoms with Gasteiger partial charge in [-0.05, 0) is 18.2 Å². The Bertz CT molecular complexity index is 895. The minimum Gasteiger partial charge on any atom is -0.323 e. The minimum absolute atomic E-state index is 0.0834. The Morgan fingerprint density at radius 1 is 1.33 bits per heavy atom. The fourth-order valence-electron chi connectivity index (χ4n) is 2.36. The van der Waals surface area contributed by atoms with Gasteiger partial charge in [0.25, 0.3) is 0 Å². The van der Waals surface area contributed by atoms with Gasteiger partial charge >= 0.3 is 0 Å². The van der Waals surface area contributed by atoms with Crippen molar-refractivity contribution in [3.8, 4) is 0 Å². The number of halogens is 1. The zero-order valence-corrected chi connectivity index (χ0v) is 13.9. The Hall–Kier alpha value is -2.76. The molecule has 1 aromatic carbocycles. The Balaban J connectivity index is 1.84. The van der Waals surface area contributed by atoms with E-state index in [1.54, 1.807) is 29.3 Å². The summed E-state index contributed by atoms with van der Waals surface area (Å²) in [4.78, 5) is 16.3. The van der Waals surface area contributed by atoms with E-state index in [4.69, 9.17) is 0 Å². The maximum Gasteiger partial charge on any atom is 0.229 e. The third-order valence-electron chi connectivity index (χ3n) is 3.65. The number of hydrogen-bond acceptors (Lipinski definition) is 3. The number of pyridine rings is 1. The van der Waals surface area contributed by atoms with Crippen molar-refractivity contribution >= 4 is 22.5 Å². The lowest BCUT2D eigenvalue weighted by Crippen LogP contribution is -2.27. The summed E-state index contributed by atoms with van der Waals surface area (Å²) in [5.74, 6) is -0.390. The van der Waals surface area contributed by atoms with Crippen molar-refractivity contribution in [2.24, 2.45) is 5.41 Å². The highest BCUT2D eigenvalue weighted by Crippen LogP contribution is 2.20. The van der Waals surface area contributed by atoms with Crippen LogP contribution in [-0.4, -0.2) is 20.7 Å². The molecule has 3 rings (SSSR count). The third kappa shape index (κ3) is 3.42. The van der Waals surface area contributed by atoms with E-state index < -0.39 is 5.41 Å². The summed E-state index contributed by atoms with van der Waals surface area (Å²) in [6, 6.07) is 6.53. The van der Waals surface area contributed by atoms with Crippen LogP contribution in [-0.2, 0) is 11.3 Å². The van der Waals surface area contributed by atoms with Crippen LogP contribution in [0.3, 0.4) is 0 Å². The Morgan fingerprint density at radius 2 is 2.12 bits per heavy atom. The Morgan fingerprint density at radius 3 is 2.88 bits per heavy atom. The summed E-state index contributed by atoms with van der Waals surface area (Å²) in [6.45, 7) is 5.91. The molecule has 0 aliphatic heterocycles. The summed E-state index contributed by atoms with van der Waals surface area (Å²) in [5, 5.41) is 7.81. The molecule has 6 heteroatoms. The lowest BCUT2D eigenvalue weighted by Gasteiger charge is -2.16. The fourth-order valence-corrected chi connectivity index (χ4v) is 2.36. The molecule has 0 atom stereocenters. The molecule has 0 aliphatic carbocycles. The molecule has 1 amide bonds. The topological polar surface area (TPSA) is 59.8 Å². The van der Waals surface area contributed by atoms with Crippen LogP contribution in [0.5, 0.6) is 0 Å². The second kappa shape index (κ2) is 6.03. The van der Waals surface area contributed by atoms with E-state index in [1.807, 2.05) is 26.8 Å². The summed E-state index contributed by atoms with van der Waals surface area (Å²) in [7, 11) is 0. The van der Waals surface area contributed by atoms with Crippen molar-refractivity contribution in [1.82, 2.24) is 14.8 Å². The smallest absolute Gasteiger partial charge is 0.229 e. The molecular weight excluding hydrogens is 307 g/mol.